The molecular formula is C16H25NO. The van der Waals surface area contributed by atoms with Crippen molar-refractivity contribution in [3.8, 4) is 0 Å². The number of hydrogen-bond acceptors (Lipinski definition) is 2. The molecule has 0 spiro atoms. The van der Waals surface area contributed by atoms with Crippen LogP contribution in [0.2, 0.25) is 0 Å². The van der Waals surface area contributed by atoms with E-state index in [2.05, 4.69) is 52.0 Å². The van der Waals surface area contributed by atoms with Crippen molar-refractivity contribution >= 4 is 0 Å². The lowest BCUT2D eigenvalue weighted by Crippen LogP contribution is -2.26. The fraction of sp³-hybridized carbons (Fsp3) is 0.625. The maximum Gasteiger partial charge on any atom is 0.0772 e. The Morgan fingerprint density at radius 1 is 1.17 bits per heavy atom. The molecule has 2 heteroatoms. The average molecular weight is 247 g/mol. The van der Waals surface area contributed by atoms with Gasteiger partial charge in [0.25, 0.3) is 0 Å². The molecule has 0 amide bonds. The van der Waals surface area contributed by atoms with E-state index >= 15 is 0 Å². The maximum absolute atomic E-state index is 6.30. The van der Waals surface area contributed by atoms with Crippen LogP contribution in [0, 0.1) is 0 Å². The fourth-order valence-corrected chi connectivity index (χ4v) is 2.52. The Balaban J connectivity index is 2.10. The van der Waals surface area contributed by atoms with Crippen molar-refractivity contribution in [2.75, 3.05) is 0 Å². The number of hydrogen-bond donors (Lipinski definition) is 1. The van der Waals surface area contributed by atoms with Crippen molar-refractivity contribution in [2.45, 2.75) is 64.2 Å². The van der Waals surface area contributed by atoms with Crippen LogP contribution < -0.4 is 5.73 Å². The highest BCUT2D eigenvalue weighted by Crippen LogP contribution is 2.30. The Bertz CT molecular complexity index is 391. The predicted molar refractivity (Wildman–Crippen MR) is 75.6 cm³/mol. The zero-order chi connectivity index (χ0) is 13.3. The van der Waals surface area contributed by atoms with Gasteiger partial charge in [-0.1, -0.05) is 45.0 Å². The van der Waals surface area contributed by atoms with Gasteiger partial charge in [0.15, 0.2) is 0 Å². The lowest BCUT2D eigenvalue weighted by Gasteiger charge is -2.22. The highest BCUT2D eigenvalue weighted by molar-refractivity contribution is 5.29. The third-order valence-corrected chi connectivity index (χ3v) is 3.83. The minimum atomic E-state index is 0.00367. The molecule has 18 heavy (non-hydrogen) atoms. The molecule has 1 heterocycles. The third kappa shape index (κ3) is 2.93. The van der Waals surface area contributed by atoms with E-state index < -0.39 is 0 Å². The van der Waals surface area contributed by atoms with Crippen LogP contribution >= 0.6 is 0 Å². The summed E-state index contributed by atoms with van der Waals surface area (Å²) in [5, 5.41) is 0. The second-order valence-electron chi connectivity index (χ2n) is 6.46. The van der Waals surface area contributed by atoms with Crippen LogP contribution in [0.15, 0.2) is 24.3 Å². The molecule has 2 rings (SSSR count). The number of nitrogens with two attached hydrogens (primary N) is 1. The molecule has 2 N–H and O–H groups in total. The molecule has 3 unspecified atom stereocenters. The van der Waals surface area contributed by atoms with Gasteiger partial charge in [-0.2, -0.15) is 0 Å². The van der Waals surface area contributed by atoms with Crippen LogP contribution in [0.25, 0.3) is 0 Å². The van der Waals surface area contributed by atoms with E-state index in [1.807, 2.05) is 0 Å². The molecule has 0 aromatic heterocycles. The van der Waals surface area contributed by atoms with Crippen LogP contribution in [0.1, 0.15) is 57.7 Å². The van der Waals surface area contributed by atoms with E-state index in [0.717, 1.165) is 12.8 Å². The lowest BCUT2D eigenvalue weighted by molar-refractivity contribution is 0.0401. The molecule has 0 aliphatic carbocycles. The third-order valence-electron chi connectivity index (χ3n) is 3.83. The molecular weight excluding hydrogens is 222 g/mol. The van der Waals surface area contributed by atoms with Crippen LogP contribution in [0.5, 0.6) is 0 Å². The van der Waals surface area contributed by atoms with Gasteiger partial charge in [-0.25, -0.2) is 0 Å². The summed E-state index contributed by atoms with van der Waals surface area (Å²) in [5.41, 5.74) is 9.02. The van der Waals surface area contributed by atoms with Gasteiger partial charge in [-0.15, -0.1) is 0 Å². The molecule has 100 valence electrons. The molecule has 1 aromatic rings. The molecule has 1 saturated heterocycles. The molecule has 1 aliphatic heterocycles. The highest BCUT2D eigenvalue weighted by Gasteiger charge is 2.28. The highest BCUT2D eigenvalue weighted by atomic mass is 16.5. The molecule has 0 saturated carbocycles. The topological polar surface area (TPSA) is 35.2 Å². The van der Waals surface area contributed by atoms with Crippen molar-refractivity contribution in [3.05, 3.63) is 35.4 Å². The molecule has 1 aromatic carbocycles. The largest absolute Gasteiger partial charge is 0.373 e. The summed E-state index contributed by atoms with van der Waals surface area (Å²) in [4.78, 5) is 0. The van der Waals surface area contributed by atoms with E-state index in [4.69, 9.17) is 10.5 Å². The maximum atomic E-state index is 6.30. The standard InChI is InChI=1S/C16H25NO/c1-11-5-10-14(18-11)15(17)12-6-8-13(9-7-12)16(2,3)4/h6-9,11,14-15H,5,10,17H2,1-4H3. The minimum absolute atomic E-state index is 0.00367. The van der Waals surface area contributed by atoms with Crippen LogP contribution in [-0.2, 0) is 10.2 Å². The second kappa shape index (κ2) is 5.02. The first kappa shape index (κ1) is 13.6. The molecule has 3 atom stereocenters. The van der Waals surface area contributed by atoms with Gasteiger partial charge in [0.05, 0.1) is 18.2 Å². The van der Waals surface area contributed by atoms with Gasteiger partial charge >= 0.3 is 0 Å². The van der Waals surface area contributed by atoms with E-state index in [1.54, 1.807) is 0 Å². The molecule has 1 fully saturated rings. The summed E-state index contributed by atoms with van der Waals surface area (Å²) in [5.74, 6) is 0. The van der Waals surface area contributed by atoms with Gasteiger partial charge in [0.1, 0.15) is 0 Å². The van der Waals surface area contributed by atoms with Gasteiger partial charge in [-0.3, -0.25) is 0 Å². The first-order valence-corrected chi connectivity index (χ1v) is 6.89. The molecule has 0 radical (unpaired) electrons. The quantitative estimate of drug-likeness (QED) is 0.867. The SMILES string of the molecule is CC1CCC(C(N)c2ccc(C(C)(C)C)cc2)O1. The van der Waals surface area contributed by atoms with Gasteiger partial charge < -0.3 is 10.5 Å². The van der Waals surface area contributed by atoms with E-state index in [0.29, 0.717) is 6.10 Å². The zero-order valence-corrected chi connectivity index (χ0v) is 11.9. The van der Waals surface area contributed by atoms with E-state index in [1.165, 1.54) is 11.1 Å². The van der Waals surface area contributed by atoms with Gasteiger partial charge in [-0.05, 0) is 36.3 Å². The Labute approximate surface area is 111 Å². The van der Waals surface area contributed by atoms with Crippen LogP contribution in [-0.4, -0.2) is 12.2 Å². The summed E-state index contributed by atoms with van der Waals surface area (Å²) < 4.78 is 5.85. The van der Waals surface area contributed by atoms with Crippen molar-refractivity contribution < 1.29 is 4.74 Å². The number of benzene rings is 1. The molecule has 2 nitrogen and oxygen atoms in total. The second-order valence-corrected chi connectivity index (χ2v) is 6.46. The molecule has 0 bridgehead atoms. The lowest BCUT2D eigenvalue weighted by atomic mass is 9.86. The summed E-state index contributed by atoms with van der Waals surface area (Å²) in [6.07, 6.45) is 2.73. The van der Waals surface area contributed by atoms with Crippen LogP contribution in [0.3, 0.4) is 0 Å². The Morgan fingerprint density at radius 3 is 2.22 bits per heavy atom. The summed E-state index contributed by atoms with van der Waals surface area (Å²) in [6.45, 7) is 8.80. The first-order chi connectivity index (χ1) is 8.38. The van der Waals surface area contributed by atoms with E-state index in [-0.39, 0.29) is 17.6 Å². The summed E-state index contributed by atoms with van der Waals surface area (Å²) in [7, 11) is 0. The van der Waals surface area contributed by atoms with E-state index in [9.17, 15) is 0 Å². The minimum Gasteiger partial charge on any atom is -0.373 e. The predicted octanol–water partition coefficient (Wildman–Crippen LogP) is 3.55. The fourth-order valence-electron chi connectivity index (χ4n) is 2.52. The zero-order valence-electron chi connectivity index (χ0n) is 11.9. The van der Waals surface area contributed by atoms with Crippen molar-refractivity contribution in [3.63, 3.8) is 0 Å². The van der Waals surface area contributed by atoms with Gasteiger partial charge in [0, 0.05) is 0 Å². The van der Waals surface area contributed by atoms with Crippen LogP contribution in [0.4, 0.5) is 0 Å². The summed E-state index contributed by atoms with van der Waals surface area (Å²) in [6, 6.07) is 8.68. The van der Waals surface area contributed by atoms with Crippen molar-refractivity contribution in [1.82, 2.24) is 0 Å². The Hall–Kier alpha value is -0.860. The Morgan fingerprint density at radius 2 is 1.78 bits per heavy atom. The molecule has 1 aliphatic rings. The smallest absolute Gasteiger partial charge is 0.0772 e. The monoisotopic (exact) mass is 247 g/mol. The average Bonchev–Trinajstić information content (AvgIpc) is 2.74. The normalized spacial score (nSPS) is 26.3. The Kier molecular flexibility index (Phi) is 3.79. The number of rotatable bonds is 2. The number of ether oxygens (including phenoxy) is 1. The van der Waals surface area contributed by atoms with Crippen molar-refractivity contribution in [1.29, 1.82) is 0 Å². The summed E-state index contributed by atoms with van der Waals surface area (Å²) >= 11 is 0. The first-order valence-electron chi connectivity index (χ1n) is 6.89. The van der Waals surface area contributed by atoms with Gasteiger partial charge in [0.2, 0.25) is 0 Å². The van der Waals surface area contributed by atoms with Crippen molar-refractivity contribution in [2.24, 2.45) is 5.73 Å².